The standard InChI is InChI=1S/C14H20N4O3/c1-10-9-16(2)7-4-8-17(10)14(19)11-5-3-6-12(15)13(11)18(20)21/h3,5-6,10H,4,7-9,15H2,1-2H3. The Balaban J connectivity index is 2.36. The maximum absolute atomic E-state index is 12.7. The van der Waals surface area contributed by atoms with Crippen molar-refractivity contribution in [3.05, 3.63) is 33.9 Å². The molecule has 1 heterocycles. The molecule has 7 heteroatoms. The summed E-state index contributed by atoms with van der Waals surface area (Å²) in [5.41, 5.74) is 5.44. The van der Waals surface area contributed by atoms with Crippen molar-refractivity contribution in [2.45, 2.75) is 19.4 Å². The van der Waals surface area contributed by atoms with Crippen LogP contribution >= 0.6 is 0 Å². The van der Waals surface area contributed by atoms with Crippen molar-refractivity contribution >= 4 is 17.3 Å². The molecule has 1 atom stereocenters. The van der Waals surface area contributed by atoms with Crippen molar-refractivity contribution in [2.24, 2.45) is 0 Å². The molecule has 2 rings (SSSR count). The Labute approximate surface area is 123 Å². The van der Waals surface area contributed by atoms with E-state index in [1.165, 1.54) is 12.1 Å². The number of hydrogen-bond acceptors (Lipinski definition) is 5. The Bertz CT molecular complexity index is 561. The summed E-state index contributed by atoms with van der Waals surface area (Å²) in [5, 5.41) is 11.2. The van der Waals surface area contributed by atoms with E-state index >= 15 is 0 Å². The van der Waals surface area contributed by atoms with Crippen LogP contribution in [0.25, 0.3) is 0 Å². The van der Waals surface area contributed by atoms with E-state index in [1.807, 2.05) is 14.0 Å². The number of anilines is 1. The van der Waals surface area contributed by atoms with Gasteiger partial charge in [0.2, 0.25) is 0 Å². The van der Waals surface area contributed by atoms with Crippen LogP contribution in [-0.4, -0.2) is 53.4 Å². The molecule has 1 aromatic carbocycles. The number of nitrogens with two attached hydrogens (primary N) is 1. The van der Waals surface area contributed by atoms with Crippen LogP contribution in [0.2, 0.25) is 0 Å². The number of para-hydroxylation sites is 1. The molecule has 0 radical (unpaired) electrons. The molecule has 1 aliphatic heterocycles. The Morgan fingerprint density at radius 1 is 1.43 bits per heavy atom. The highest BCUT2D eigenvalue weighted by Crippen LogP contribution is 2.28. The zero-order valence-corrected chi connectivity index (χ0v) is 12.3. The first kappa shape index (κ1) is 15.2. The molecule has 0 bridgehead atoms. The van der Waals surface area contributed by atoms with E-state index in [9.17, 15) is 14.9 Å². The van der Waals surface area contributed by atoms with Gasteiger partial charge in [-0.1, -0.05) is 6.07 Å². The number of likely N-dealkylation sites (N-methyl/N-ethyl adjacent to an activating group) is 1. The number of amides is 1. The van der Waals surface area contributed by atoms with E-state index in [2.05, 4.69) is 4.90 Å². The van der Waals surface area contributed by atoms with Crippen LogP contribution < -0.4 is 5.73 Å². The maximum atomic E-state index is 12.7. The molecule has 21 heavy (non-hydrogen) atoms. The van der Waals surface area contributed by atoms with Crippen molar-refractivity contribution in [1.82, 2.24) is 9.80 Å². The molecule has 0 aromatic heterocycles. The van der Waals surface area contributed by atoms with Gasteiger partial charge in [-0.2, -0.15) is 0 Å². The smallest absolute Gasteiger partial charge is 0.304 e. The van der Waals surface area contributed by atoms with Gasteiger partial charge in [0, 0.05) is 19.1 Å². The van der Waals surface area contributed by atoms with Gasteiger partial charge in [0.1, 0.15) is 11.3 Å². The molecule has 1 saturated heterocycles. The summed E-state index contributed by atoms with van der Waals surface area (Å²) in [4.78, 5) is 27.1. The average molecular weight is 292 g/mol. The predicted molar refractivity (Wildman–Crippen MR) is 80.1 cm³/mol. The third kappa shape index (κ3) is 3.13. The quantitative estimate of drug-likeness (QED) is 0.504. The topological polar surface area (TPSA) is 92.7 Å². The fourth-order valence-electron chi connectivity index (χ4n) is 2.77. The van der Waals surface area contributed by atoms with Crippen LogP contribution in [0.1, 0.15) is 23.7 Å². The second-order valence-electron chi connectivity index (χ2n) is 5.46. The van der Waals surface area contributed by atoms with Gasteiger partial charge in [0.15, 0.2) is 0 Å². The minimum absolute atomic E-state index is 0.00559. The molecule has 1 aliphatic rings. The molecule has 1 unspecified atom stereocenters. The Hall–Kier alpha value is -2.15. The number of benzene rings is 1. The summed E-state index contributed by atoms with van der Waals surface area (Å²) in [6.07, 6.45) is 0.850. The first-order chi connectivity index (χ1) is 9.91. The number of nitrogen functional groups attached to an aromatic ring is 1. The molecular formula is C14H20N4O3. The molecule has 7 nitrogen and oxygen atoms in total. The number of carbonyl (C=O) groups is 1. The fourth-order valence-corrected chi connectivity index (χ4v) is 2.77. The van der Waals surface area contributed by atoms with Gasteiger partial charge in [0.05, 0.1) is 4.92 Å². The molecule has 2 N–H and O–H groups in total. The van der Waals surface area contributed by atoms with Crippen molar-refractivity contribution in [2.75, 3.05) is 32.4 Å². The Kier molecular flexibility index (Phi) is 4.42. The van der Waals surface area contributed by atoms with E-state index < -0.39 is 4.92 Å². The van der Waals surface area contributed by atoms with Crippen molar-refractivity contribution in [3.8, 4) is 0 Å². The van der Waals surface area contributed by atoms with Crippen molar-refractivity contribution < 1.29 is 9.72 Å². The van der Waals surface area contributed by atoms with Gasteiger partial charge < -0.3 is 15.5 Å². The zero-order valence-electron chi connectivity index (χ0n) is 12.3. The number of nitro benzene ring substituents is 1. The number of hydrogen-bond donors (Lipinski definition) is 1. The average Bonchev–Trinajstić information content (AvgIpc) is 2.57. The van der Waals surface area contributed by atoms with Crippen LogP contribution in [0.3, 0.4) is 0 Å². The number of nitro groups is 1. The van der Waals surface area contributed by atoms with Crippen LogP contribution in [0.15, 0.2) is 18.2 Å². The van der Waals surface area contributed by atoms with E-state index in [0.29, 0.717) is 6.54 Å². The number of rotatable bonds is 2. The van der Waals surface area contributed by atoms with E-state index in [-0.39, 0.29) is 28.9 Å². The Morgan fingerprint density at radius 3 is 2.81 bits per heavy atom. The monoisotopic (exact) mass is 292 g/mol. The summed E-state index contributed by atoms with van der Waals surface area (Å²) in [6.45, 7) is 4.21. The fraction of sp³-hybridized carbons (Fsp3) is 0.500. The SMILES string of the molecule is CC1CN(C)CCCN1C(=O)c1cccc(N)c1[N+](=O)[O-]. The minimum atomic E-state index is -0.586. The largest absolute Gasteiger partial charge is 0.393 e. The summed E-state index contributed by atoms with van der Waals surface area (Å²) in [7, 11) is 2.01. The van der Waals surface area contributed by atoms with E-state index in [0.717, 1.165) is 19.5 Å². The van der Waals surface area contributed by atoms with Crippen LogP contribution in [0.5, 0.6) is 0 Å². The lowest BCUT2D eigenvalue weighted by molar-refractivity contribution is -0.384. The highest BCUT2D eigenvalue weighted by Gasteiger charge is 2.30. The summed E-state index contributed by atoms with van der Waals surface area (Å²) < 4.78 is 0. The van der Waals surface area contributed by atoms with Gasteiger partial charge in [-0.25, -0.2) is 0 Å². The Morgan fingerprint density at radius 2 is 2.14 bits per heavy atom. The van der Waals surface area contributed by atoms with Crippen LogP contribution in [-0.2, 0) is 0 Å². The van der Waals surface area contributed by atoms with Crippen LogP contribution in [0, 0.1) is 10.1 Å². The molecule has 1 fully saturated rings. The van der Waals surface area contributed by atoms with E-state index in [1.54, 1.807) is 11.0 Å². The third-order valence-electron chi connectivity index (χ3n) is 3.79. The lowest BCUT2D eigenvalue weighted by Crippen LogP contribution is -2.42. The molecule has 1 amide bonds. The lowest BCUT2D eigenvalue weighted by atomic mass is 10.1. The lowest BCUT2D eigenvalue weighted by Gasteiger charge is -2.28. The normalized spacial score (nSPS) is 20.1. The number of carbonyl (C=O) groups excluding carboxylic acids is 1. The van der Waals surface area contributed by atoms with E-state index in [4.69, 9.17) is 5.73 Å². The molecule has 0 spiro atoms. The number of nitrogens with zero attached hydrogens (tertiary/aromatic N) is 3. The third-order valence-corrected chi connectivity index (χ3v) is 3.79. The molecule has 0 saturated carbocycles. The van der Waals surface area contributed by atoms with Gasteiger partial charge >= 0.3 is 5.69 Å². The van der Waals surface area contributed by atoms with Crippen molar-refractivity contribution in [1.29, 1.82) is 0 Å². The first-order valence-electron chi connectivity index (χ1n) is 6.94. The van der Waals surface area contributed by atoms with Gasteiger partial charge in [0.25, 0.3) is 5.91 Å². The first-order valence-corrected chi connectivity index (χ1v) is 6.94. The molecular weight excluding hydrogens is 272 g/mol. The van der Waals surface area contributed by atoms with Crippen LogP contribution in [0.4, 0.5) is 11.4 Å². The molecule has 1 aromatic rings. The minimum Gasteiger partial charge on any atom is -0.393 e. The summed E-state index contributed by atoms with van der Waals surface area (Å²) in [6, 6.07) is 4.49. The summed E-state index contributed by atoms with van der Waals surface area (Å²) >= 11 is 0. The van der Waals surface area contributed by atoms with Gasteiger partial charge in [-0.05, 0) is 39.1 Å². The summed E-state index contributed by atoms with van der Waals surface area (Å²) in [5.74, 6) is -0.322. The highest BCUT2D eigenvalue weighted by molar-refractivity contribution is 6.00. The highest BCUT2D eigenvalue weighted by atomic mass is 16.6. The second-order valence-corrected chi connectivity index (χ2v) is 5.46. The molecule has 114 valence electrons. The van der Waals surface area contributed by atoms with Gasteiger partial charge in [-0.3, -0.25) is 14.9 Å². The maximum Gasteiger partial charge on any atom is 0.304 e. The molecule has 0 aliphatic carbocycles. The second kappa shape index (κ2) is 6.09. The van der Waals surface area contributed by atoms with Crippen molar-refractivity contribution in [3.63, 3.8) is 0 Å². The predicted octanol–water partition coefficient (Wildman–Crippen LogP) is 1.34. The zero-order chi connectivity index (χ0) is 15.6. The van der Waals surface area contributed by atoms with Gasteiger partial charge in [-0.15, -0.1) is 0 Å².